The van der Waals surface area contributed by atoms with Crippen LogP contribution in [0.1, 0.15) is 49.5 Å². The Morgan fingerprint density at radius 1 is 1.15 bits per heavy atom. The Morgan fingerprint density at radius 3 is 2.65 bits per heavy atom. The van der Waals surface area contributed by atoms with Crippen molar-refractivity contribution in [2.75, 3.05) is 32.8 Å². The van der Waals surface area contributed by atoms with Gasteiger partial charge >= 0.3 is 0 Å². The predicted molar refractivity (Wildman–Crippen MR) is 98.5 cm³/mol. The molecule has 0 N–H and O–H groups in total. The van der Waals surface area contributed by atoms with E-state index in [1.165, 1.54) is 32.1 Å². The maximum absolute atomic E-state index is 12.8. The van der Waals surface area contributed by atoms with Gasteiger partial charge < -0.3 is 9.64 Å². The quantitative estimate of drug-likeness (QED) is 0.840. The third-order valence-corrected chi connectivity index (χ3v) is 5.50. The largest absolute Gasteiger partial charge is 0.477 e. The SMILES string of the molecule is CCOc1ccc2nc(C(=O)N3CCN(C4CCCCC4)CC3)cn2n1. The molecule has 0 radical (unpaired) electrons. The van der Waals surface area contributed by atoms with Gasteiger partial charge in [-0.3, -0.25) is 9.69 Å². The Bertz CT molecular complexity index is 760. The number of carbonyl (C=O) groups excluding carboxylic acids is 1. The van der Waals surface area contributed by atoms with Crippen molar-refractivity contribution in [3.8, 4) is 5.88 Å². The minimum Gasteiger partial charge on any atom is -0.477 e. The second-order valence-electron chi connectivity index (χ2n) is 7.15. The van der Waals surface area contributed by atoms with Gasteiger partial charge in [0.2, 0.25) is 5.88 Å². The fourth-order valence-electron chi connectivity index (χ4n) is 4.09. The molecule has 3 heterocycles. The van der Waals surface area contributed by atoms with E-state index < -0.39 is 0 Å². The molecule has 0 unspecified atom stereocenters. The van der Waals surface area contributed by atoms with Crippen molar-refractivity contribution >= 4 is 11.6 Å². The van der Waals surface area contributed by atoms with Crippen molar-refractivity contribution in [3.05, 3.63) is 24.0 Å². The summed E-state index contributed by atoms with van der Waals surface area (Å²) in [5.41, 5.74) is 1.12. The minimum absolute atomic E-state index is 0.00301. The van der Waals surface area contributed by atoms with Gasteiger partial charge in [-0.05, 0) is 25.8 Å². The molecule has 0 aromatic carbocycles. The highest BCUT2D eigenvalue weighted by atomic mass is 16.5. The Hall–Kier alpha value is -2.15. The van der Waals surface area contributed by atoms with E-state index in [0.29, 0.717) is 23.8 Å². The van der Waals surface area contributed by atoms with Crippen LogP contribution in [0.25, 0.3) is 5.65 Å². The van der Waals surface area contributed by atoms with Crippen LogP contribution in [0.2, 0.25) is 0 Å². The summed E-state index contributed by atoms with van der Waals surface area (Å²) in [6.45, 7) is 5.97. The summed E-state index contributed by atoms with van der Waals surface area (Å²) >= 11 is 0. The fraction of sp³-hybridized carbons (Fsp3) is 0.632. The number of carbonyl (C=O) groups is 1. The number of rotatable bonds is 4. The first-order chi connectivity index (χ1) is 12.7. The van der Waals surface area contributed by atoms with Crippen LogP contribution in [0.5, 0.6) is 5.88 Å². The Labute approximate surface area is 153 Å². The Balaban J connectivity index is 1.40. The lowest BCUT2D eigenvalue weighted by Crippen LogP contribution is -2.52. The van der Waals surface area contributed by atoms with E-state index in [2.05, 4.69) is 15.0 Å². The van der Waals surface area contributed by atoms with Crippen molar-refractivity contribution in [3.63, 3.8) is 0 Å². The van der Waals surface area contributed by atoms with Gasteiger partial charge in [-0.2, -0.15) is 0 Å². The lowest BCUT2D eigenvalue weighted by molar-refractivity contribution is 0.0519. The summed E-state index contributed by atoms with van der Waals surface area (Å²) in [5, 5.41) is 4.34. The van der Waals surface area contributed by atoms with Crippen molar-refractivity contribution in [1.82, 2.24) is 24.4 Å². The lowest BCUT2D eigenvalue weighted by Gasteiger charge is -2.40. The van der Waals surface area contributed by atoms with Gasteiger partial charge in [0.05, 0.1) is 12.8 Å². The maximum Gasteiger partial charge on any atom is 0.274 e. The fourth-order valence-corrected chi connectivity index (χ4v) is 4.09. The molecular weight excluding hydrogens is 330 g/mol. The second-order valence-corrected chi connectivity index (χ2v) is 7.15. The van der Waals surface area contributed by atoms with E-state index in [9.17, 15) is 4.79 Å². The molecule has 0 spiro atoms. The van der Waals surface area contributed by atoms with E-state index in [-0.39, 0.29) is 5.91 Å². The van der Waals surface area contributed by atoms with Crippen molar-refractivity contribution in [2.45, 2.75) is 45.1 Å². The zero-order valence-corrected chi connectivity index (χ0v) is 15.4. The normalized spacial score (nSPS) is 19.8. The summed E-state index contributed by atoms with van der Waals surface area (Å²) in [4.78, 5) is 21.8. The van der Waals surface area contributed by atoms with Crippen LogP contribution in [0.4, 0.5) is 0 Å². The lowest BCUT2D eigenvalue weighted by atomic mass is 9.94. The number of fused-ring (bicyclic) bond motifs is 1. The summed E-state index contributed by atoms with van der Waals surface area (Å²) < 4.78 is 7.03. The number of nitrogens with zero attached hydrogens (tertiary/aromatic N) is 5. The highest BCUT2D eigenvalue weighted by molar-refractivity contribution is 5.93. The van der Waals surface area contributed by atoms with E-state index in [1.54, 1.807) is 16.8 Å². The van der Waals surface area contributed by atoms with Gasteiger partial charge in [0, 0.05) is 38.3 Å². The third kappa shape index (κ3) is 3.53. The molecule has 0 atom stereocenters. The monoisotopic (exact) mass is 357 g/mol. The molecule has 140 valence electrons. The summed E-state index contributed by atoms with van der Waals surface area (Å²) in [6, 6.07) is 4.33. The van der Waals surface area contributed by atoms with Crippen molar-refractivity contribution < 1.29 is 9.53 Å². The van der Waals surface area contributed by atoms with E-state index in [4.69, 9.17) is 4.74 Å². The van der Waals surface area contributed by atoms with Crippen LogP contribution in [-0.2, 0) is 0 Å². The van der Waals surface area contributed by atoms with E-state index in [1.807, 2.05) is 17.9 Å². The van der Waals surface area contributed by atoms with Gasteiger partial charge in [0.15, 0.2) is 5.65 Å². The zero-order chi connectivity index (χ0) is 17.9. The molecule has 1 amide bonds. The van der Waals surface area contributed by atoms with Crippen LogP contribution >= 0.6 is 0 Å². The van der Waals surface area contributed by atoms with Crippen LogP contribution in [-0.4, -0.2) is 69.1 Å². The van der Waals surface area contributed by atoms with E-state index in [0.717, 1.165) is 32.2 Å². The number of hydrogen-bond acceptors (Lipinski definition) is 5. The van der Waals surface area contributed by atoms with Gasteiger partial charge in [-0.25, -0.2) is 9.50 Å². The molecule has 2 fully saturated rings. The number of ether oxygens (including phenoxy) is 1. The van der Waals surface area contributed by atoms with Gasteiger partial charge in [0.1, 0.15) is 5.69 Å². The van der Waals surface area contributed by atoms with Crippen molar-refractivity contribution in [2.24, 2.45) is 0 Å². The van der Waals surface area contributed by atoms with Gasteiger partial charge in [-0.15, -0.1) is 5.10 Å². The predicted octanol–water partition coefficient (Wildman–Crippen LogP) is 2.22. The first kappa shape index (κ1) is 17.3. The number of imidazole rings is 1. The Kier molecular flexibility index (Phi) is 5.06. The molecule has 2 aromatic heterocycles. The number of aromatic nitrogens is 3. The first-order valence-electron chi connectivity index (χ1n) is 9.77. The first-order valence-corrected chi connectivity index (χ1v) is 9.77. The molecular formula is C19H27N5O2. The van der Waals surface area contributed by atoms with E-state index >= 15 is 0 Å². The van der Waals surface area contributed by atoms with Gasteiger partial charge in [0.25, 0.3) is 5.91 Å². The molecule has 1 saturated heterocycles. The average molecular weight is 357 g/mol. The van der Waals surface area contributed by atoms with Gasteiger partial charge in [-0.1, -0.05) is 19.3 Å². The summed E-state index contributed by atoms with van der Waals surface area (Å²) in [5.74, 6) is 0.536. The molecule has 2 aromatic rings. The summed E-state index contributed by atoms with van der Waals surface area (Å²) in [6.07, 6.45) is 8.40. The van der Waals surface area contributed by atoms with Crippen LogP contribution in [0, 0.1) is 0 Å². The maximum atomic E-state index is 12.8. The smallest absolute Gasteiger partial charge is 0.274 e. The molecule has 1 saturated carbocycles. The molecule has 1 aliphatic heterocycles. The number of hydrogen-bond donors (Lipinski definition) is 0. The second kappa shape index (κ2) is 7.61. The zero-order valence-electron chi connectivity index (χ0n) is 15.4. The highest BCUT2D eigenvalue weighted by Crippen LogP contribution is 2.23. The minimum atomic E-state index is -0.00301. The standard InChI is InChI=1S/C19H27N5O2/c1-2-26-18-9-8-17-20-16(14-24(17)21-18)19(25)23-12-10-22(11-13-23)15-6-4-3-5-7-15/h8-9,14-15H,2-7,10-13H2,1H3. The van der Waals surface area contributed by atoms with Crippen LogP contribution < -0.4 is 4.74 Å². The van der Waals surface area contributed by atoms with Crippen molar-refractivity contribution in [1.29, 1.82) is 0 Å². The molecule has 0 bridgehead atoms. The van der Waals surface area contributed by atoms with Crippen LogP contribution in [0.15, 0.2) is 18.3 Å². The molecule has 7 heteroatoms. The van der Waals surface area contributed by atoms with Crippen LogP contribution in [0.3, 0.4) is 0 Å². The Morgan fingerprint density at radius 2 is 1.92 bits per heavy atom. The number of amides is 1. The highest BCUT2D eigenvalue weighted by Gasteiger charge is 2.28. The number of piperazine rings is 1. The average Bonchev–Trinajstić information content (AvgIpc) is 3.12. The topological polar surface area (TPSA) is 63.0 Å². The molecule has 4 rings (SSSR count). The molecule has 26 heavy (non-hydrogen) atoms. The molecule has 7 nitrogen and oxygen atoms in total. The summed E-state index contributed by atoms with van der Waals surface area (Å²) in [7, 11) is 0. The molecule has 1 aliphatic carbocycles. The third-order valence-electron chi connectivity index (χ3n) is 5.50. The molecule has 2 aliphatic rings.